The van der Waals surface area contributed by atoms with Crippen LogP contribution in [-0.4, -0.2) is 0 Å². The molecule has 0 spiro atoms. The second kappa shape index (κ2) is 6.40. The summed E-state index contributed by atoms with van der Waals surface area (Å²) in [5.41, 5.74) is 5.99. The molecule has 0 aromatic heterocycles. The average molecular weight is 295 g/mol. The fourth-order valence-corrected chi connectivity index (χ4v) is 2.38. The Hall–Kier alpha value is -1.06. The molecule has 0 aliphatic heterocycles. The average Bonchev–Trinajstić information content (AvgIpc) is 2.41. The Kier molecular flexibility index (Phi) is 4.83. The molecule has 0 amide bonds. The van der Waals surface area contributed by atoms with E-state index in [-0.39, 0.29) is 6.04 Å². The highest BCUT2D eigenvalue weighted by molar-refractivity contribution is 6.31. The summed E-state index contributed by atoms with van der Waals surface area (Å²) in [7, 11) is 0. The van der Waals surface area contributed by atoms with Crippen LogP contribution in [0.5, 0.6) is 0 Å². The van der Waals surface area contributed by atoms with Crippen LogP contribution >= 0.6 is 23.2 Å². The number of aryl methyl sites for hydroxylation is 1. The fourth-order valence-electron chi connectivity index (χ4n) is 1.98. The van der Waals surface area contributed by atoms with Gasteiger partial charge in [-0.2, -0.15) is 0 Å². The molecule has 4 heteroatoms. The summed E-state index contributed by atoms with van der Waals surface area (Å²) >= 11 is 12.3. The van der Waals surface area contributed by atoms with Crippen molar-refractivity contribution in [2.45, 2.75) is 19.4 Å². The molecule has 0 fully saturated rings. The fraction of sp³-hybridized carbons (Fsp3) is 0.200. The zero-order valence-electron chi connectivity index (χ0n) is 10.7. The van der Waals surface area contributed by atoms with E-state index in [0.29, 0.717) is 0 Å². The first kappa shape index (κ1) is 14.4. The van der Waals surface area contributed by atoms with Gasteiger partial charge in [-0.1, -0.05) is 53.5 Å². The standard InChI is InChI=1S/C15H16Cl2N2/c1-10-6-7-12(8-14(10)17)15(19-18)9-11-4-2-3-5-13(11)16/h2-8,15,19H,9,18H2,1H3. The molecule has 1 atom stereocenters. The highest BCUT2D eigenvalue weighted by Gasteiger charge is 2.13. The van der Waals surface area contributed by atoms with Crippen molar-refractivity contribution in [3.63, 3.8) is 0 Å². The number of rotatable bonds is 4. The van der Waals surface area contributed by atoms with Gasteiger partial charge in [0.15, 0.2) is 0 Å². The van der Waals surface area contributed by atoms with Gasteiger partial charge in [0.05, 0.1) is 6.04 Å². The van der Waals surface area contributed by atoms with Crippen molar-refractivity contribution < 1.29 is 0 Å². The summed E-state index contributed by atoms with van der Waals surface area (Å²) in [5.74, 6) is 5.65. The van der Waals surface area contributed by atoms with E-state index in [9.17, 15) is 0 Å². The molecule has 3 N–H and O–H groups in total. The molecular weight excluding hydrogens is 279 g/mol. The number of benzene rings is 2. The number of nitrogens with one attached hydrogen (secondary N) is 1. The Balaban J connectivity index is 2.25. The van der Waals surface area contributed by atoms with Crippen molar-refractivity contribution in [1.82, 2.24) is 5.43 Å². The molecule has 0 aliphatic rings. The molecule has 2 nitrogen and oxygen atoms in total. The molecule has 0 heterocycles. The lowest BCUT2D eigenvalue weighted by Crippen LogP contribution is -2.29. The number of nitrogens with two attached hydrogens (primary N) is 1. The van der Waals surface area contributed by atoms with Crippen molar-refractivity contribution in [3.05, 3.63) is 69.2 Å². The van der Waals surface area contributed by atoms with E-state index >= 15 is 0 Å². The smallest absolute Gasteiger partial charge is 0.0501 e. The summed E-state index contributed by atoms with van der Waals surface area (Å²) < 4.78 is 0. The van der Waals surface area contributed by atoms with E-state index in [4.69, 9.17) is 29.0 Å². The van der Waals surface area contributed by atoms with E-state index in [1.165, 1.54) is 0 Å². The molecule has 0 saturated carbocycles. The van der Waals surface area contributed by atoms with Gasteiger partial charge < -0.3 is 0 Å². The molecule has 0 saturated heterocycles. The van der Waals surface area contributed by atoms with Crippen molar-refractivity contribution in [3.8, 4) is 0 Å². The van der Waals surface area contributed by atoms with Crippen LogP contribution in [-0.2, 0) is 6.42 Å². The predicted octanol–water partition coefficient (Wildman–Crippen LogP) is 4.05. The van der Waals surface area contributed by atoms with Gasteiger partial charge >= 0.3 is 0 Å². The van der Waals surface area contributed by atoms with Crippen molar-refractivity contribution in [2.75, 3.05) is 0 Å². The SMILES string of the molecule is Cc1ccc(C(Cc2ccccc2Cl)NN)cc1Cl. The Bertz CT molecular complexity index is 570. The lowest BCUT2D eigenvalue weighted by Gasteiger charge is -2.18. The molecule has 2 aromatic rings. The molecule has 2 aromatic carbocycles. The molecule has 0 aliphatic carbocycles. The van der Waals surface area contributed by atoms with E-state index in [0.717, 1.165) is 33.2 Å². The normalized spacial score (nSPS) is 12.4. The third-order valence-corrected chi connectivity index (χ3v) is 3.96. The summed E-state index contributed by atoms with van der Waals surface area (Å²) in [4.78, 5) is 0. The minimum Gasteiger partial charge on any atom is -0.271 e. The highest BCUT2D eigenvalue weighted by atomic mass is 35.5. The molecule has 1 unspecified atom stereocenters. The van der Waals surface area contributed by atoms with Crippen molar-refractivity contribution >= 4 is 23.2 Å². The summed E-state index contributed by atoms with van der Waals surface area (Å²) in [6.45, 7) is 1.98. The minimum absolute atomic E-state index is 0.0157. The molecule has 0 bridgehead atoms. The first-order valence-electron chi connectivity index (χ1n) is 6.07. The van der Waals surface area contributed by atoms with E-state index in [1.807, 2.05) is 49.4 Å². The molecular formula is C15H16Cl2N2. The first-order valence-corrected chi connectivity index (χ1v) is 6.83. The van der Waals surface area contributed by atoms with Crippen LogP contribution in [0.15, 0.2) is 42.5 Å². The summed E-state index contributed by atoms with van der Waals surface area (Å²) in [6, 6.07) is 13.7. The second-order valence-electron chi connectivity index (χ2n) is 4.52. The van der Waals surface area contributed by atoms with Crippen LogP contribution in [0.25, 0.3) is 0 Å². The van der Waals surface area contributed by atoms with Crippen LogP contribution in [0.4, 0.5) is 0 Å². The van der Waals surface area contributed by atoms with Gasteiger partial charge in [0.1, 0.15) is 0 Å². The molecule has 100 valence electrons. The zero-order valence-corrected chi connectivity index (χ0v) is 12.2. The number of hydrazine groups is 1. The largest absolute Gasteiger partial charge is 0.271 e. The molecule has 19 heavy (non-hydrogen) atoms. The minimum atomic E-state index is -0.0157. The Labute approximate surface area is 123 Å². The topological polar surface area (TPSA) is 38.0 Å². The molecule has 2 rings (SSSR count). The summed E-state index contributed by atoms with van der Waals surface area (Å²) in [5, 5.41) is 1.50. The maximum Gasteiger partial charge on any atom is 0.0501 e. The highest BCUT2D eigenvalue weighted by Crippen LogP contribution is 2.26. The maximum absolute atomic E-state index is 6.17. The molecule has 0 radical (unpaired) electrons. The first-order chi connectivity index (χ1) is 9.11. The van der Waals surface area contributed by atoms with Gasteiger partial charge in [-0.3, -0.25) is 11.3 Å². The van der Waals surface area contributed by atoms with Gasteiger partial charge in [0.2, 0.25) is 0 Å². The lowest BCUT2D eigenvalue weighted by atomic mass is 9.98. The quantitative estimate of drug-likeness (QED) is 0.659. The van der Waals surface area contributed by atoms with Gasteiger partial charge in [0, 0.05) is 10.0 Å². The Morgan fingerprint density at radius 1 is 1.11 bits per heavy atom. The third-order valence-electron chi connectivity index (χ3n) is 3.18. The van der Waals surface area contributed by atoms with Gasteiger partial charge in [-0.15, -0.1) is 0 Å². The maximum atomic E-state index is 6.17. The Morgan fingerprint density at radius 3 is 2.47 bits per heavy atom. The van der Waals surface area contributed by atoms with Crippen molar-refractivity contribution in [2.24, 2.45) is 5.84 Å². The summed E-state index contributed by atoms with van der Waals surface area (Å²) in [6.07, 6.45) is 0.718. The van der Waals surface area contributed by atoms with Crippen molar-refractivity contribution in [1.29, 1.82) is 0 Å². The van der Waals surface area contributed by atoms with Crippen LogP contribution in [0, 0.1) is 6.92 Å². The Morgan fingerprint density at radius 2 is 1.84 bits per heavy atom. The number of hydrogen-bond donors (Lipinski definition) is 2. The van der Waals surface area contributed by atoms with Gasteiger partial charge in [0.25, 0.3) is 0 Å². The predicted molar refractivity (Wildman–Crippen MR) is 81.4 cm³/mol. The lowest BCUT2D eigenvalue weighted by molar-refractivity contribution is 0.552. The van der Waals surface area contributed by atoms with Crippen LogP contribution in [0.2, 0.25) is 10.0 Å². The third kappa shape index (κ3) is 3.48. The van der Waals surface area contributed by atoms with Crippen LogP contribution in [0.3, 0.4) is 0 Å². The zero-order chi connectivity index (χ0) is 13.8. The monoisotopic (exact) mass is 294 g/mol. The number of halogens is 2. The van der Waals surface area contributed by atoms with Crippen LogP contribution in [0.1, 0.15) is 22.7 Å². The van der Waals surface area contributed by atoms with Crippen LogP contribution < -0.4 is 11.3 Å². The van der Waals surface area contributed by atoms with E-state index < -0.39 is 0 Å². The van der Waals surface area contributed by atoms with Gasteiger partial charge in [-0.05, 0) is 42.2 Å². The van der Waals surface area contributed by atoms with E-state index in [2.05, 4.69) is 5.43 Å². The van der Waals surface area contributed by atoms with E-state index in [1.54, 1.807) is 0 Å². The number of hydrogen-bond acceptors (Lipinski definition) is 2. The second-order valence-corrected chi connectivity index (χ2v) is 5.34. The van der Waals surface area contributed by atoms with Gasteiger partial charge in [-0.25, -0.2) is 0 Å².